The Balaban J connectivity index is 0.000000559. The Labute approximate surface area is 348 Å². The molecule has 3 heterocycles. The second-order valence-corrected chi connectivity index (χ2v) is 18.7. The Hall–Kier alpha value is -1.84. The van der Waals surface area contributed by atoms with Gasteiger partial charge < -0.3 is 10.2 Å². The minimum absolute atomic E-state index is 0.0599. The van der Waals surface area contributed by atoms with Crippen LogP contribution in [0.25, 0.3) is 0 Å². The summed E-state index contributed by atoms with van der Waals surface area (Å²) >= 11 is 30.5. The molecule has 0 aliphatic carbocycles. The highest BCUT2D eigenvalue weighted by atomic mass is 35.5. The SMILES string of the molecule is CC(C)N(c1nc(Cl)nc(C(C)(C)N(C(C)C)C(C)(C)[NH+](c2nc(Cl)nc(Cl)n2)C(C)C)n1)C(C)(C)C(C)C.CC(C)NC(C)(C)c1nc(Cl)nc(Cl)n1. The second-order valence-electron chi connectivity index (χ2n) is 17.0. The summed E-state index contributed by atoms with van der Waals surface area (Å²) in [5.74, 6) is 2.51. The van der Waals surface area contributed by atoms with Crippen LogP contribution in [0.3, 0.4) is 0 Å². The highest BCUT2D eigenvalue weighted by molar-refractivity contribution is 6.31. The Bertz CT molecular complexity index is 1660. The molecule has 0 bridgehead atoms. The topological polar surface area (TPSA) is 139 Å². The molecular weight excluding hydrogens is 792 g/mol. The average molecular weight is 853 g/mol. The molecule has 0 amide bonds. The van der Waals surface area contributed by atoms with Crippen molar-refractivity contribution in [3.05, 3.63) is 38.1 Å². The summed E-state index contributed by atoms with van der Waals surface area (Å²) in [5, 5.41) is 3.83. The molecule has 304 valence electrons. The third-order valence-electron chi connectivity index (χ3n) is 9.48. The van der Waals surface area contributed by atoms with Crippen LogP contribution in [-0.2, 0) is 11.1 Å². The first-order valence-electron chi connectivity index (χ1n) is 18.3. The highest BCUT2D eigenvalue weighted by Crippen LogP contribution is 2.36. The molecule has 0 aliphatic rings. The molecule has 0 saturated carbocycles. The van der Waals surface area contributed by atoms with Gasteiger partial charge in [0.25, 0.3) is 0 Å². The molecule has 18 heteroatoms. The van der Waals surface area contributed by atoms with Crippen molar-refractivity contribution in [1.82, 2.24) is 55.1 Å². The first-order valence-corrected chi connectivity index (χ1v) is 20.2. The van der Waals surface area contributed by atoms with E-state index in [-0.39, 0.29) is 55.6 Å². The van der Waals surface area contributed by atoms with Crippen LogP contribution in [0.4, 0.5) is 11.9 Å². The molecule has 3 aromatic rings. The van der Waals surface area contributed by atoms with Crippen molar-refractivity contribution in [2.75, 3.05) is 4.90 Å². The summed E-state index contributed by atoms with van der Waals surface area (Å²) in [6.07, 6.45) is 0. The maximum atomic E-state index is 6.61. The highest BCUT2D eigenvalue weighted by Gasteiger charge is 2.51. The van der Waals surface area contributed by atoms with E-state index in [1.54, 1.807) is 0 Å². The van der Waals surface area contributed by atoms with E-state index in [1.807, 2.05) is 27.7 Å². The summed E-state index contributed by atoms with van der Waals surface area (Å²) < 4.78 is 0. The third-order valence-corrected chi connectivity index (χ3v) is 10.3. The zero-order chi connectivity index (χ0) is 41.9. The van der Waals surface area contributed by atoms with E-state index in [9.17, 15) is 0 Å². The van der Waals surface area contributed by atoms with Gasteiger partial charge in [-0.1, -0.05) is 13.8 Å². The van der Waals surface area contributed by atoms with Crippen LogP contribution in [0.5, 0.6) is 0 Å². The Morgan fingerprint density at radius 3 is 1.35 bits per heavy atom. The molecule has 13 nitrogen and oxygen atoms in total. The van der Waals surface area contributed by atoms with E-state index in [2.05, 4.69) is 152 Å². The van der Waals surface area contributed by atoms with Crippen molar-refractivity contribution in [2.45, 2.75) is 171 Å². The molecule has 0 radical (unpaired) electrons. The molecule has 0 spiro atoms. The quantitative estimate of drug-likeness (QED) is 0.151. The predicted octanol–water partition coefficient (Wildman–Crippen LogP) is 8.38. The number of nitrogens with zero attached hydrogens (tertiary/aromatic N) is 11. The Morgan fingerprint density at radius 2 is 0.963 bits per heavy atom. The predicted molar refractivity (Wildman–Crippen MR) is 222 cm³/mol. The molecular formula is C36H61Cl5N13+. The van der Waals surface area contributed by atoms with Crippen molar-refractivity contribution < 1.29 is 4.90 Å². The van der Waals surface area contributed by atoms with Crippen molar-refractivity contribution in [3.8, 4) is 0 Å². The number of hydrogen-bond acceptors (Lipinski definition) is 12. The fraction of sp³-hybridized carbons (Fsp3) is 0.750. The van der Waals surface area contributed by atoms with Gasteiger partial charge in [0, 0.05) is 37.5 Å². The Kier molecular flexibility index (Phi) is 16.7. The minimum atomic E-state index is -0.676. The van der Waals surface area contributed by atoms with Gasteiger partial charge in [-0.05, 0) is 161 Å². The van der Waals surface area contributed by atoms with Crippen LogP contribution in [-0.4, -0.2) is 85.1 Å². The van der Waals surface area contributed by atoms with Gasteiger partial charge in [0.2, 0.25) is 32.4 Å². The normalized spacial score (nSPS) is 13.7. The van der Waals surface area contributed by atoms with Crippen LogP contribution in [0.15, 0.2) is 0 Å². The van der Waals surface area contributed by atoms with Gasteiger partial charge in [0.15, 0.2) is 17.3 Å². The van der Waals surface area contributed by atoms with Crippen LogP contribution in [0.2, 0.25) is 26.4 Å². The monoisotopic (exact) mass is 850 g/mol. The fourth-order valence-electron chi connectivity index (χ4n) is 7.46. The van der Waals surface area contributed by atoms with Crippen LogP contribution in [0, 0.1) is 5.92 Å². The van der Waals surface area contributed by atoms with Crippen molar-refractivity contribution in [1.29, 1.82) is 0 Å². The molecule has 0 aliphatic heterocycles. The summed E-state index contributed by atoms with van der Waals surface area (Å²) in [4.78, 5) is 44.6. The molecule has 3 aromatic heterocycles. The molecule has 2 N–H and O–H groups in total. The molecule has 1 atom stereocenters. The maximum absolute atomic E-state index is 6.61. The number of halogens is 5. The lowest BCUT2D eigenvalue weighted by Crippen LogP contribution is -3.21. The number of quaternary nitrogens is 1. The summed E-state index contributed by atoms with van der Waals surface area (Å²) in [6, 6.07) is 0.610. The summed E-state index contributed by atoms with van der Waals surface area (Å²) in [5.41, 5.74) is -1.85. The van der Waals surface area contributed by atoms with Gasteiger partial charge in [-0.3, -0.25) is 0 Å². The first kappa shape index (κ1) is 48.3. The summed E-state index contributed by atoms with van der Waals surface area (Å²) in [6.45, 7) is 38.2. The standard InChI is InChI=1S/C27H46Cl3N9.C9H14Cl2N4/c1-15(2)25(9,10)37(16(3)4)23-32-19(31-20(28)34-23)26(11,12)39(18(7)8)27(13,14)38(17(5)6)24-35-21(29)33-22(30)36-24;1-5(2)15-9(3,4)6-12-7(10)14-8(11)13-6/h15-18H,1-14H3;5,15H,1-4H3/p+1. The van der Waals surface area contributed by atoms with E-state index in [4.69, 9.17) is 63.0 Å². The molecule has 0 saturated heterocycles. The van der Waals surface area contributed by atoms with E-state index in [0.717, 1.165) is 4.90 Å². The molecule has 3 rings (SSSR count). The number of nitrogens with one attached hydrogen (secondary N) is 2. The largest absolute Gasteiger partial charge is 0.334 e. The van der Waals surface area contributed by atoms with E-state index < -0.39 is 11.2 Å². The van der Waals surface area contributed by atoms with Gasteiger partial charge in [-0.25, -0.2) is 24.8 Å². The maximum Gasteiger partial charge on any atom is 0.334 e. The van der Waals surface area contributed by atoms with Gasteiger partial charge in [-0.15, -0.1) is 9.97 Å². The third kappa shape index (κ3) is 11.8. The number of anilines is 1. The lowest BCUT2D eigenvalue weighted by atomic mass is 9.88. The lowest BCUT2D eigenvalue weighted by Gasteiger charge is -2.52. The van der Waals surface area contributed by atoms with E-state index in [1.165, 1.54) is 0 Å². The van der Waals surface area contributed by atoms with E-state index in [0.29, 0.717) is 35.5 Å². The van der Waals surface area contributed by atoms with Crippen LogP contribution >= 0.6 is 58.0 Å². The van der Waals surface area contributed by atoms with Crippen molar-refractivity contribution in [3.63, 3.8) is 0 Å². The van der Waals surface area contributed by atoms with Gasteiger partial charge >= 0.3 is 5.95 Å². The van der Waals surface area contributed by atoms with Gasteiger partial charge in [-0.2, -0.15) is 19.9 Å². The minimum Gasteiger partial charge on any atom is -0.333 e. The zero-order valence-electron chi connectivity index (χ0n) is 35.2. The smallest absolute Gasteiger partial charge is 0.333 e. The molecule has 1 unspecified atom stereocenters. The molecule has 54 heavy (non-hydrogen) atoms. The lowest BCUT2D eigenvalue weighted by molar-refractivity contribution is -0.929. The van der Waals surface area contributed by atoms with Crippen LogP contribution < -0.4 is 15.1 Å². The number of hydrogen-bond donors (Lipinski definition) is 2. The van der Waals surface area contributed by atoms with Crippen molar-refractivity contribution >= 4 is 69.9 Å². The average Bonchev–Trinajstić information content (AvgIpc) is 2.94. The summed E-state index contributed by atoms with van der Waals surface area (Å²) in [7, 11) is 0. The fourth-order valence-corrected chi connectivity index (χ4v) is 8.34. The first-order chi connectivity index (χ1) is 24.5. The van der Waals surface area contributed by atoms with Gasteiger partial charge in [0.1, 0.15) is 0 Å². The number of rotatable bonds is 14. The van der Waals surface area contributed by atoms with Crippen LogP contribution in [0.1, 0.15) is 136 Å². The van der Waals surface area contributed by atoms with Crippen molar-refractivity contribution in [2.24, 2.45) is 5.92 Å². The molecule has 0 fully saturated rings. The van der Waals surface area contributed by atoms with E-state index >= 15 is 0 Å². The molecule has 0 aromatic carbocycles. The number of aromatic nitrogens is 9. The zero-order valence-corrected chi connectivity index (χ0v) is 39.0. The van der Waals surface area contributed by atoms with Gasteiger partial charge in [0.05, 0.1) is 17.1 Å². The second kappa shape index (κ2) is 18.6. The Morgan fingerprint density at radius 1 is 0.537 bits per heavy atom.